The van der Waals surface area contributed by atoms with Crippen molar-refractivity contribution in [1.29, 1.82) is 0 Å². The summed E-state index contributed by atoms with van der Waals surface area (Å²) in [6, 6.07) is 1.30. The maximum absolute atomic E-state index is 12.0. The number of nitrogens with one attached hydrogen (secondary N) is 1. The molecule has 2 rings (SSSR count). The molecule has 1 aliphatic rings. The Morgan fingerprint density at radius 3 is 2.75 bits per heavy atom. The fourth-order valence-electron chi connectivity index (χ4n) is 2.85. The highest BCUT2D eigenvalue weighted by molar-refractivity contribution is 5.96. The highest BCUT2D eigenvalue weighted by Gasteiger charge is 2.19. The Hall–Kier alpha value is -1.69. The summed E-state index contributed by atoms with van der Waals surface area (Å²) in [7, 11) is 1.93. The lowest BCUT2D eigenvalue weighted by molar-refractivity contribution is -0.384. The van der Waals surface area contributed by atoms with Gasteiger partial charge in [0.25, 0.3) is 5.69 Å². The SMILES string of the molecule is CN(CC(=O)c1cc([N+](=O)[O-])c[nH]1)CC1CCCCC1. The summed E-state index contributed by atoms with van der Waals surface area (Å²) in [6.45, 7) is 1.22. The molecular formula is C14H21N3O3. The van der Waals surface area contributed by atoms with Gasteiger partial charge in [0.1, 0.15) is 0 Å². The molecule has 0 amide bonds. The van der Waals surface area contributed by atoms with E-state index in [-0.39, 0.29) is 11.5 Å². The zero-order chi connectivity index (χ0) is 14.5. The minimum Gasteiger partial charge on any atom is -0.353 e. The number of H-pyrrole nitrogens is 1. The van der Waals surface area contributed by atoms with Crippen LogP contribution in [0, 0.1) is 16.0 Å². The molecule has 1 aromatic heterocycles. The Morgan fingerprint density at radius 1 is 1.45 bits per heavy atom. The van der Waals surface area contributed by atoms with Crippen LogP contribution in [0.1, 0.15) is 42.6 Å². The second-order valence-corrected chi connectivity index (χ2v) is 5.65. The Labute approximate surface area is 118 Å². The molecule has 110 valence electrons. The van der Waals surface area contributed by atoms with E-state index in [9.17, 15) is 14.9 Å². The van der Waals surface area contributed by atoms with Crippen molar-refractivity contribution in [2.75, 3.05) is 20.1 Å². The van der Waals surface area contributed by atoms with Gasteiger partial charge in [0.05, 0.1) is 23.4 Å². The van der Waals surface area contributed by atoms with Gasteiger partial charge in [-0.2, -0.15) is 0 Å². The van der Waals surface area contributed by atoms with Gasteiger partial charge in [0, 0.05) is 12.6 Å². The molecule has 0 aromatic carbocycles. The number of carbonyl (C=O) groups excluding carboxylic acids is 1. The molecule has 1 saturated carbocycles. The molecule has 1 N–H and O–H groups in total. The topological polar surface area (TPSA) is 79.2 Å². The van der Waals surface area contributed by atoms with Gasteiger partial charge in [-0.3, -0.25) is 19.8 Å². The predicted octanol–water partition coefficient (Wildman–Crippen LogP) is 2.62. The lowest BCUT2D eigenvalue weighted by Gasteiger charge is -2.26. The van der Waals surface area contributed by atoms with Crippen LogP contribution in [-0.4, -0.2) is 40.7 Å². The van der Waals surface area contributed by atoms with E-state index in [4.69, 9.17) is 0 Å². The van der Waals surface area contributed by atoms with Crippen molar-refractivity contribution in [3.63, 3.8) is 0 Å². The number of rotatable bonds is 6. The van der Waals surface area contributed by atoms with Crippen molar-refractivity contribution in [3.8, 4) is 0 Å². The molecule has 6 nitrogen and oxygen atoms in total. The van der Waals surface area contributed by atoms with E-state index in [0.717, 1.165) is 6.54 Å². The van der Waals surface area contributed by atoms with Crippen molar-refractivity contribution in [1.82, 2.24) is 9.88 Å². The molecule has 0 aliphatic heterocycles. The Bertz CT molecular complexity index is 478. The maximum Gasteiger partial charge on any atom is 0.287 e. The van der Waals surface area contributed by atoms with Gasteiger partial charge in [-0.25, -0.2) is 0 Å². The summed E-state index contributed by atoms with van der Waals surface area (Å²) >= 11 is 0. The first-order valence-corrected chi connectivity index (χ1v) is 7.11. The van der Waals surface area contributed by atoms with Gasteiger partial charge < -0.3 is 4.98 Å². The number of Topliss-reactive ketones (excluding diaryl/α,β-unsaturated/α-hetero) is 1. The van der Waals surface area contributed by atoms with Crippen LogP contribution in [0.5, 0.6) is 0 Å². The fraction of sp³-hybridized carbons (Fsp3) is 0.643. The summed E-state index contributed by atoms with van der Waals surface area (Å²) in [6.07, 6.45) is 7.64. The van der Waals surface area contributed by atoms with Crippen LogP contribution < -0.4 is 0 Å². The lowest BCUT2D eigenvalue weighted by atomic mass is 9.89. The van der Waals surface area contributed by atoms with Crippen molar-refractivity contribution in [2.24, 2.45) is 5.92 Å². The zero-order valence-corrected chi connectivity index (χ0v) is 11.8. The van der Waals surface area contributed by atoms with E-state index < -0.39 is 4.92 Å². The fourth-order valence-corrected chi connectivity index (χ4v) is 2.85. The van der Waals surface area contributed by atoms with E-state index >= 15 is 0 Å². The molecule has 0 saturated heterocycles. The quantitative estimate of drug-likeness (QED) is 0.493. The van der Waals surface area contributed by atoms with Gasteiger partial charge in [0.2, 0.25) is 0 Å². The van der Waals surface area contributed by atoms with Crippen molar-refractivity contribution in [3.05, 3.63) is 28.1 Å². The summed E-state index contributed by atoms with van der Waals surface area (Å²) in [4.78, 5) is 26.8. The first kappa shape index (κ1) is 14.7. The predicted molar refractivity (Wildman–Crippen MR) is 75.8 cm³/mol. The summed E-state index contributed by atoms with van der Waals surface area (Å²) in [5, 5.41) is 10.6. The number of aromatic amines is 1. The Morgan fingerprint density at radius 2 is 2.15 bits per heavy atom. The molecular weight excluding hydrogens is 258 g/mol. The molecule has 0 radical (unpaired) electrons. The minimum absolute atomic E-state index is 0.0664. The minimum atomic E-state index is -0.501. The number of nitro groups is 1. The molecule has 20 heavy (non-hydrogen) atoms. The average Bonchev–Trinajstić information content (AvgIpc) is 2.89. The van der Waals surface area contributed by atoms with Crippen LogP contribution in [0.2, 0.25) is 0 Å². The number of ketones is 1. The number of aromatic nitrogens is 1. The van der Waals surface area contributed by atoms with Gasteiger partial charge in [0.15, 0.2) is 5.78 Å². The van der Waals surface area contributed by atoms with E-state index in [0.29, 0.717) is 18.2 Å². The van der Waals surface area contributed by atoms with Crippen LogP contribution in [0.4, 0.5) is 5.69 Å². The molecule has 1 heterocycles. The van der Waals surface area contributed by atoms with Gasteiger partial charge in [-0.05, 0) is 25.8 Å². The molecule has 1 aliphatic carbocycles. The smallest absolute Gasteiger partial charge is 0.287 e. The number of nitrogens with zero attached hydrogens (tertiary/aromatic N) is 2. The van der Waals surface area contributed by atoms with Gasteiger partial charge in [-0.15, -0.1) is 0 Å². The summed E-state index contributed by atoms with van der Waals surface area (Å²) in [5.41, 5.74) is 0.246. The highest BCUT2D eigenvalue weighted by atomic mass is 16.6. The molecule has 0 unspecified atom stereocenters. The van der Waals surface area contributed by atoms with Crippen molar-refractivity contribution in [2.45, 2.75) is 32.1 Å². The monoisotopic (exact) mass is 279 g/mol. The normalized spacial score (nSPS) is 16.5. The lowest BCUT2D eigenvalue weighted by Crippen LogP contribution is -2.31. The number of hydrogen-bond donors (Lipinski definition) is 1. The van der Waals surface area contributed by atoms with Crippen LogP contribution >= 0.6 is 0 Å². The van der Waals surface area contributed by atoms with Crippen molar-refractivity contribution >= 4 is 11.5 Å². The molecule has 0 spiro atoms. The second kappa shape index (κ2) is 6.65. The van der Waals surface area contributed by atoms with Gasteiger partial charge >= 0.3 is 0 Å². The number of likely N-dealkylation sites (N-methyl/N-ethyl adjacent to an activating group) is 1. The molecule has 1 aromatic rings. The van der Waals surface area contributed by atoms with Crippen LogP contribution in [0.3, 0.4) is 0 Å². The Kier molecular flexibility index (Phi) is 4.89. The van der Waals surface area contributed by atoms with Gasteiger partial charge in [-0.1, -0.05) is 19.3 Å². The van der Waals surface area contributed by atoms with E-state index in [1.165, 1.54) is 44.4 Å². The highest BCUT2D eigenvalue weighted by Crippen LogP contribution is 2.24. The van der Waals surface area contributed by atoms with E-state index in [1.54, 1.807) is 0 Å². The Balaban J connectivity index is 1.84. The second-order valence-electron chi connectivity index (χ2n) is 5.65. The molecule has 1 fully saturated rings. The zero-order valence-electron chi connectivity index (χ0n) is 11.8. The average molecular weight is 279 g/mol. The first-order chi connectivity index (χ1) is 9.56. The van der Waals surface area contributed by atoms with Crippen LogP contribution in [0.15, 0.2) is 12.3 Å². The molecule has 0 atom stereocenters. The van der Waals surface area contributed by atoms with Crippen LogP contribution in [0.25, 0.3) is 0 Å². The largest absolute Gasteiger partial charge is 0.353 e. The third-order valence-electron chi connectivity index (χ3n) is 3.89. The van der Waals surface area contributed by atoms with Crippen LogP contribution in [-0.2, 0) is 0 Å². The molecule has 0 bridgehead atoms. The van der Waals surface area contributed by atoms with E-state index in [2.05, 4.69) is 4.98 Å². The summed E-state index contributed by atoms with van der Waals surface area (Å²) < 4.78 is 0. The third-order valence-corrected chi connectivity index (χ3v) is 3.89. The third kappa shape index (κ3) is 3.90. The van der Waals surface area contributed by atoms with E-state index in [1.807, 2.05) is 11.9 Å². The maximum atomic E-state index is 12.0. The van der Waals surface area contributed by atoms with Crippen molar-refractivity contribution < 1.29 is 9.72 Å². The standard InChI is InChI=1S/C14H21N3O3/c1-16(9-11-5-3-2-4-6-11)10-14(18)13-7-12(8-15-13)17(19)20/h7-8,11,15H,2-6,9-10H2,1H3. The number of hydrogen-bond acceptors (Lipinski definition) is 4. The summed E-state index contributed by atoms with van der Waals surface area (Å²) in [5.74, 6) is 0.580. The number of carbonyl (C=O) groups is 1. The first-order valence-electron chi connectivity index (χ1n) is 7.11. The molecule has 6 heteroatoms.